The zero-order chi connectivity index (χ0) is 12.3. The molecule has 1 aliphatic heterocycles. The van der Waals surface area contributed by atoms with Gasteiger partial charge in [0.05, 0.1) is 6.10 Å². The maximum absolute atomic E-state index is 9.80. The third-order valence-corrected chi connectivity index (χ3v) is 4.50. The highest BCUT2D eigenvalue weighted by Crippen LogP contribution is 2.25. The van der Waals surface area contributed by atoms with Gasteiger partial charge in [-0.1, -0.05) is 13.8 Å². The van der Waals surface area contributed by atoms with Gasteiger partial charge < -0.3 is 15.3 Å². The number of nitrogens with zero attached hydrogens (tertiary/aromatic N) is 1. The number of rotatable bonds is 5. The van der Waals surface area contributed by atoms with Gasteiger partial charge in [0.25, 0.3) is 0 Å². The van der Waals surface area contributed by atoms with Crippen LogP contribution in [0.1, 0.15) is 40.5 Å². The van der Waals surface area contributed by atoms with E-state index in [2.05, 4.69) is 38.0 Å². The lowest BCUT2D eigenvalue weighted by molar-refractivity contribution is 0.0472. The minimum absolute atomic E-state index is 0.00436. The van der Waals surface area contributed by atoms with Crippen molar-refractivity contribution >= 4 is 0 Å². The molecule has 1 fully saturated rings. The van der Waals surface area contributed by atoms with Crippen LogP contribution in [0.2, 0.25) is 0 Å². The minimum Gasteiger partial charge on any atom is -0.393 e. The van der Waals surface area contributed by atoms with Gasteiger partial charge in [0, 0.05) is 30.6 Å². The van der Waals surface area contributed by atoms with Crippen LogP contribution < -0.4 is 5.32 Å². The quantitative estimate of drug-likeness (QED) is 0.748. The summed E-state index contributed by atoms with van der Waals surface area (Å²) in [4.78, 5) is 2.39. The molecule has 0 aromatic carbocycles. The Morgan fingerprint density at radius 1 is 1.56 bits per heavy atom. The molecule has 0 radical (unpaired) electrons. The van der Waals surface area contributed by atoms with Crippen LogP contribution in [0.3, 0.4) is 0 Å². The van der Waals surface area contributed by atoms with E-state index in [1.54, 1.807) is 0 Å². The fraction of sp³-hybridized carbons (Fsp3) is 1.00. The van der Waals surface area contributed by atoms with Gasteiger partial charge in [-0.05, 0) is 33.7 Å². The second kappa shape index (κ2) is 5.48. The number of aliphatic hydroxyl groups is 1. The summed E-state index contributed by atoms with van der Waals surface area (Å²) in [7, 11) is 2.18. The number of likely N-dealkylation sites (N-methyl/N-ethyl adjacent to an activating group) is 1. The molecule has 2 N–H and O–H groups in total. The van der Waals surface area contributed by atoms with E-state index in [0.29, 0.717) is 12.1 Å². The highest BCUT2D eigenvalue weighted by Gasteiger charge is 2.31. The summed E-state index contributed by atoms with van der Waals surface area (Å²) in [6, 6.07) is 1.27. The van der Waals surface area contributed by atoms with Crippen molar-refractivity contribution < 1.29 is 5.11 Å². The second-order valence-electron chi connectivity index (χ2n) is 5.79. The van der Waals surface area contributed by atoms with Crippen LogP contribution in [0.4, 0.5) is 0 Å². The first-order valence-electron chi connectivity index (χ1n) is 6.50. The topological polar surface area (TPSA) is 35.5 Å². The molecule has 1 aliphatic rings. The molecule has 1 rings (SSSR count). The summed E-state index contributed by atoms with van der Waals surface area (Å²) in [6.07, 6.45) is 1.98. The SMILES string of the molecule is CCC(C)(CNC1CC(C)N(C)C1)C(C)O. The van der Waals surface area contributed by atoms with Crippen LogP contribution in [0.25, 0.3) is 0 Å². The second-order valence-corrected chi connectivity index (χ2v) is 5.79. The smallest absolute Gasteiger partial charge is 0.0577 e. The number of hydrogen-bond donors (Lipinski definition) is 2. The van der Waals surface area contributed by atoms with Crippen LogP contribution in [0.5, 0.6) is 0 Å². The Hall–Kier alpha value is -0.120. The predicted molar refractivity (Wildman–Crippen MR) is 68.6 cm³/mol. The monoisotopic (exact) mass is 228 g/mol. The van der Waals surface area contributed by atoms with E-state index < -0.39 is 0 Å². The van der Waals surface area contributed by atoms with E-state index in [-0.39, 0.29) is 11.5 Å². The van der Waals surface area contributed by atoms with Crippen molar-refractivity contribution in [2.45, 2.75) is 58.7 Å². The largest absolute Gasteiger partial charge is 0.393 e. The van der Waals surface area contributed by atoms with Crippen molar-refractivity contribution in [2.24, 2.45) is 5.41 Å². The van der Waals surface area contributed by atoms with Gasteiger partial charge >= 0.3 is 0 Å². The first-order valence-corrected chi connectivity index (χ1v) is 6.50. The summed E-state index contributed by atoms with van der Waals surface area (Å²) >= 11 is 0. The molecule has 4 unspecified atom stereocenters. The summed E-state index contributed by atoms with van der Waals surface area (Å²) in [5.41, 5.74) is 0.00436. The maximum Gasteiger partial charge on any atom is 0.0577 e. The first-order chi connectivity index (χ1) is 7.39. The molecule has 16 heavy (non-hydrogen) atoms. The van der Waals surface area contributed by atoms with E-state index in [9.17, 15) is 5.11 Å². The Bertz CT molecular complexity index is 210. The summed E-state index contributed by atoms with van der Waals surface area (Å²) in [5, 5.41) is 13.4. The molecule has 0 aliphatic carbocycles. The lowest BCUT2D eigenvalue weighted by Crippen LogP contribution is -2.44. The molecule has 3 nitrogen and oxygen atoms in total. The van der Waals surface area contributed by atoms with Crippen molar-refractivity contribution in [1.82, 2.24) is 10.2 Å². The van der Waals surface area contributed by atoms with Gasteiger partial charge in [-0.15, -0.1) is 0 Å². The fourth-order valence-corrected chi connectivity index (χ4v) is 2.29. The minimum atomic E-state index is -0.249. The first kappa shape index (κ1) is 13.9. The Kier molecular flexibility index (Phi) is 4.77. The molecule has 0 aromatic rings. The Morgan fingerprint density at radius 2 is 2.19 bits per heavy atom. The van der Waals surface area contributed by atoms with Gasteiger partial charge in [-0.2, -0.15) is 0 Å². The molecular weight excluding hydrogens is 200 g/mol. The van der Waals surface area contributed by atoms with Gasteiger partial charge in [-0.25, -0.2) is 0 Å². The van der Waals surface area contributed by atoms with E-state index in [1.165, 1.54) is 6.42 Å². The van der Waals surface area contributed by atoms with Crippen molar-refractivity contribution in [3.05, 3.63) is 0 Å². The molecule has 0 spiro atoms. The van der Waals surface area contributed by atoms with Crippen LogP contribution in [0.15, 0.2) is 0 Å². The molecule has 0 bridgehead atoms. The van der Waals surface area contributed by atoms with Gasteiger partial charge in [0.15, 0.2) is 0 Å². The third-order valence-electron chi connectivity index (χ3n) is 4.50. The Labute approximate surface area is 100 Å². The van der Waals surface area contributed by atoms with Crippen LogP contribution in [0, 0.1) is 5.41 Å². The maximum atomic E-state index is 9.80. The number of hydrogen-bond acceptors (Lipinski definition) is 3. The summed E-state index contributed by atoms with van der Waals surface area (Å²) < 4.78 is 0. The van der Waals surface area contributed by atoms with Gasteiger partial charge in [0.1, 0.15) is 0 Å². The molecule has 1 saturated heterocycles. The molecule has 1 heterocycles. The predicted octanol–water partition coefficient (Wildman–Crippen LogP) is 1.47. The van der Waals surface area contributed by atoms with E-state index in [4.69, 9.17) is 0 Å². The molecule has 0 amide bonds. The lowest BCUT2D eigenvalue weighted by atomic mass is 9.82. The third kappa shape index (κ3) is 3.19. The molecule has 3 heteroatoms. The summed E-state index contributed by atoms with van der Waals surface area (Å²) in [6.45, 7) is 10.5. The number of nitrogens with one attached hydrogen (secondary N) is 1. The zero-order valence-electron chi connectivity index (χ0n) is 11.5. The molecule has 96 valence electrons. The van der Waals surface area contributed by atoms with E-state index in [0.717, 1.165) is 19.5 Å². The van der Waals surface area contributed by atoms with Crippen LogP contribution in [-0.2, 0) is 0 Å². The zero-order valence-corrected chi connectivity index (χ0v) is 11.5. The van der Waals surface area contributed by atoms with Gasteiger partial charge in [-0.3, -0.25) is 0 Å². The molecule has 0 aromatic heterocycles. The van der Waals surface area contributed by atoms with Crippen LogP contribution in [-0.4, -0.2) is 48.3 Å². The molecular formula is C13H28N2O. The fourth-order valence-electron chi connectivity index (χ4n) is 2.29. The summed E-state index contributed by atoms with van der Waals surface area (Å²) in [5.74, 6) is 0. The van der Waals surface area contributed by atoms with Crippen molar-refractivity contribution in [2.75, 3.05) is 20.1 Å². The standard InChI is InChI=1S/C13H28N2O/c1-6-13(4,11(3)16)9-14-12-7-10(2)15(5)8-12/h10-12,14,16H,6-9H2,1-5H3. The van der Waals surface area contributed by atoms with E-state index in [1.807, 2.05) is 6.92 Å². The molecule has 4 atom stereocenters. The van der Waals surface area contributed by atoms with Crippen molar-refractivity contribution in [3.8, 4) is 0 Å². The number of likely N-dealkylation sites (tertiary alicyclic amines) is 1. The van der Waals surface area contributed by atoms with Crippen molar-refractivity contribution in [1.29, 1.82) is 0 Å². The average molecular weight is 228 g/mol. The lowest BCUT2D eigenvalue weighted by Gasteiger charge is -2.33. The normalized spacial score (nSPS) is 32.6. The van der Waals surface area contributed by atoms with Crippen LogP contribution >= 0.6 is 0 Å². The Balaban J connectivity index is 2.39. The highest BCUT2D eigenvalue weighted by molar-refractivity contribution is 4.88. The Morgan fingerprint density at radius 3 is 2.56 bits per heavy atom. The average Bonchev–Trinajstić information content (AvgIpc) is 2.55. The molecule has 0 saturated carbocycles. The number of aliphatic hydroxyl groups excluding tert-OH is 1. The van der Waals surface area contributed by atoms with Gasteiger partial charge in [0.2, 0.25) is 0 Å². The van der Waals surface area contributed by atoms with E-state index >= 15 is 0 Å². The van der Waals surface area contributed by atoms with Crippen molar-refractivity contribution in [3.63, 3.8) is 0 Å². The highest BCUT2D eigenvalue weighted by atomic mass is 16.3.